The normalized spacial score (nSPS) is 17.6. The molecule has 0 radical (unpaired) electrons. The van der Waals surface area contributed by atoms with E-state index >= 15 is 0 Å². The second-order valence-corrected chi connectivity index (χ2v) is 6.18. The zero-order valence-electron chi connectivity index (χ0n) is 11.0. The molecule has 0 atom stereocenters. The van der Waals surface area contributed by atoms with Crippen LogP contribution in [0.4, 0.5) is 9.93 Å². The van der Waals surface area contributed by atoms with Crippen molar-refractivity contribution < 1.29 is 9.59 Å². The maximum Gasteiger partial charge on any atom is 0.321 e. The van der Waals surface area contributed by atoms with Crippen molar-refractivity contribution in [2.75, 3.05) is 18.4 Å². The molecule has 0 aromatic carbocycles. The van der Waals surface area contributed by atoms with Crippen LogP contribution in [-0.4, -0.2) is 35.2 Å². The van der Waals surface area contributed by atoms with Gasteiger partial charge in [-0.1, -0.05) is 11.3 Å². The molecule has 0 aliphatic heterocycles. The van der Waals surface area contributed by atoms with Crippen molar-refractivity contribution in [2.24, 2.45) is 5.92 Å². The molecule has 1 aromatic heterocycles. The highest BCUT2D eigenvalue weighted by molar-refractivity contribution is 7.15. The first kappa shape index (κ1) is 13.3. The summed E-state index contributed by atoms with van der Waals surface area (Å²) in [5.74, 6) is 0.834. The van der Waals surface area contributed by atoms with Crippen molar-refractivity contribution in [3.05, 3.63) is 5.01 Å². The second kappa shape index (κ2) is 5.74. The molecule has 2 saturated carbocycles. The fourth-order valence-corrected chi connectivity index (χ4v) is 2.68. The summed E-state index contributed by atoms with van der Waals surface area (Å²) >= 11 is 1.42. The number of nitrogens with one attached hydrogen (secondary N) is 3. The van der Waals surface area contributed by atoms with Gasteiger partial charge in [0.1, 0.15) is 5.01 Å². The van der Waals surface area contributed by atoms with Crippen LogP contribution in [0.1, 0.15) is 36.6 Å². The summed E-state index contributed by atoms with van der Waals surface area (Å²) in [5, 5.41) is 17.6. The van der Waals surface area contributed by atoms with Gasteiger partial charge in [-0.2, -0.15) is 0 Å². The highest BCUT2D eigenvalue weighted by Crippen LogP contribution is 2.41. The van der Waals surface area contributed by atoms with Crippen molar-refractivity contribution in [1.82, 2.24) is 20.8 Å². The lowest BCUT2D eigenvalue weighted by Crippen LogP contribution is -2.37. The number of rotatable bonds is 6. The van der Waals surface area contributed by atoms with Gasteiger partial charge in [0.25, 0.3) is 0 Å². The Kier molecular flexibility index (Phi) is 3.81. The van der Waals surface area contributed by atoms with Gasteiger partial charge in [-0.25, -0.2) is 4.79 Å². The molecule has 3 rings (SSSR count). The summed E-state index contributed by atoms with van der Waals surface area (Å²) in [7, 11) is 0. The van der Waals surface area contributed by atoms with E-state index in [4.69, 9.17) is 0 Å². The van der Waals surface area contributed by atoms with E-state index < -0.39 is 0 Å². The van der Waals surface area contributed by atoms with Crippen LogP contribution in [0, 0.1) is 5.92 Å². The average Bonchev–Trinajstić information content (AvgIpc) is 3.33. The van der Waals surface area contributed by atoms with Crippen LogP contribution in [0.5, 0.6) is 0 Å². The largest absolute Gasteiger partial charge is 0.354 e. The van der Waals surface area contributed by atoms with Crippen LogP contribution in [0.3, 0.4) is 0 Å². The maximum absolute atomic E-state index is 11.6. The molecule has 1 aromatic rings. The van der Waals surface area contributed by atoms with Gasteiger partial charge in [-0.05, 0) is 25.7 Å². The molecule has 0 unspecified atom stereocenters. The molecule has 3 amide bonds. The number of anilines is 1. The summed E-state index contributed by atoms with van der Waals surface area (Å²) < 4.78 is 0. The smallest absolute Gasteiger partial charge is 0.321 e. The Morgan fingerprint density at radius 3 is 2.55 bits per heavy atom. The lowest BCUT2D eigenvalue weighted by molar-refractivity contribution is -0.122. The van der Waals surface area contributed by atoms with Crippen LogP contribution < -0.4 is 16.0 Å². The molecular formula is C12H17N5O2S. The van der Waals surface area contributed by atoms with Gasteiger partial charge in [-0.15, -0.1) is 10.2 Å². The molecule has 7 nitrogen and oxygen atoms in total. The molecule has 2 aliphatic carbocycles. The van der Waals surface area contributed by atoms with Crippen molar-refractivity contribution in [3.8, 4) is 0 Å². The van der Waals surface area contributed by atoms with Gasteiger partial charge in [0.15, 0.2) is 0 Å². The van der Waals surface area contributed by atoms with E-state index in [9.17, 15) is 9.59 Å². The van der Waals surface area contributed by atoms with Gasteiger partial charge < -0.3 is 10.6 Å². The number of carbonyl (C=O) groups excluding carboxylic acids is 2. The predicted molar refractivity (Wildman–Crippen MR) is 74.6 cm³/mol. The Hall–Kier alpha value is -1.70. The molecule has 0 bridgehead atoms. The van der Waals surface area contributed by atoms with Crippen molar-refractivity contribution in [2.45, 2.75) is 31.6 Å². The number of nitrogens with zero attached hydrogens (tertiary/aromatic N) is 2. The van der Waals surface area contributed by atoms with Gasteiger partial charge >= 0.3 is 6.03 Å². The molecule has 2 fully saturated rings. The Bertz CT molecular complexity index is 510. The third-order valence-corrected chi connectivity index (χ3v) is 4.25. The molecule has 1 heterocycles. The minimum absolute atomic E-state index is 0.0883. The minimum Gasteiger partial charge on any atom is -0.354 e. The Labute approximate surface area is 120 Å². The fraction of sp³-hybridized carbons (Fsp3) is 0.667. The summed E-state index contributed by atoms with van der Waals surface area (Å²) in [6.45, 7) is 0.852. The summed E-state index contributed by atoms with van der Waals surface area (Å²) in [5.41, 5.74) is 0. The van der Waals surface area contributed by atoms with Crippen LogP contribution >= 0.6 is 11.3 Å². The molecule has 20 heavy (non-hydrogen) atoms. The second-order valence-electron chi connectivity index (χ2n) is 5.17. The number of hydrogen-bond acceptors (Lipinski definition) is 5. The van der Waals surface area contributed by atoms with Crippen LogP contribution in [0.2, 0.25) is 0 Å². The zero-order valence-corrected chi connectivity index (χ0v) is 11.8. The Balaban J connectivity index is 1.32. The average molecular weight is 295 g/mol. The fourth-order valence-electron chi connectivity index (χ4n) is 1.77. The molecular weight excluding hydrogens is 278 g/mol. The molecule has 2 aliphatic rings. The molecule has 108 valence electrons. The number of hydrogen-bond donors (Lipinski definition) is 3. The minimum atomic E-state index is -0.316. The van der Waals surface area contributed by atoms with E-state index in [0.29, 0.717) is 24.1 Å². The summed E-state index contributed by atoms with van der Waals surface area (Å²) in [6.07, 6.45) is 4.31. The van der Waals surface area contributed by atoms with Crippen LogP contribution in [-0.2, 0) is 4.79 Å². The monoisotopic (exact) mass is 295 g/mol. The lowest BCUT2D eigenvalue weighted by atomic mass is 10.4. The Morgan fingerprint density at radius 2 is 1.85 bits per heavy atom. The molecule has 0 spiro atoms. The van der Waals surface area contributed by atoms with Crippen LogP contribution in [0.15, 0.2) is 0 Å². The first-order valence-electron chi connectivity index (χ1n) is 6.88. The topological polar surface area (TPSA) is 96.0 Å². The number of aromatic nitrogens is 2. The first-order valence-corrected chi connectivity index (χ1v) is 7.70. The number of carbonyl (C=O) groups is 2. The van der Waals surface area contributed by atoms with Gasteiger partial charge in [0, 0.05) is 24.9 Å². The van der Waals surface area contributed by atoms with E-state index in [-0.39, 0.29) is 17.9 Å². The SMILES string of the molecule is O=C(NCCNC(=O)C1CC1)Nc1nnc(C2CC2)s1. The number of urea groups is 1. The summed E-state index contributed by atoms with van der Waals surface area (Å²) in [4.78, 5) is 23.0. The van der Waals surface area contributed by atoms with E-state index in [1.165, 1.54) is 24.2 Å². The highest BCUT2D eigenvalue weighted by atomic mass is 32.1. The standard InChI is InChI=1S/C12H17N5O2S/c18-9(7-1-2-7)13-5-6-14-11(19)15-12-17-16-10(20-12)8-3-4-8/h7-8H,1-6H2,(H,13,18)(H2,14,15,17,19). The molecule has 3 N–H and O–H groups in total. The van der Waals surface area contributed by atoms with Crippen LogP contribution in [0.25, 0.3) is 0 Å². The third kappa shape index (κ3) is 3.66. The quantitative estimate of drug-likeness (QED) is 0.684. The van der Waals surface area contributed by atoms with Gasteiger partial charge in [-0.3, -0.25) is 10.1 Å². The highest BCUT2D eigenvalue weighted by Gasteiger charge is 2.29. The third-order valence-electron chi connectivity index (χ3n) is 3.25. The van der Waals surface area contributed by atoms with Crippen molar-refractivity contribution in [1.29, 1.82) is 0 Å². The van der Waals surface area contributed by atoms with E-state index in [0.717, 1.165) is 17.8 Å². The van der Waals surface area contributed by atoms with Crippen molar-refractivity contribution >= 4 is 28.4 Å². The van der Waals surface area contributed by atoms with E-state index in [1.54, 1.807) is 0 Å². The Morgan fingerprint density at radius 1 is 1.10 bits per heavy atom. The van der Waals surface area contributed by atoms with Crippen molar-refractivity contribution in [3.63, 3.8) is 0 Å². The lowest BCUT2D eigenvalue weighted by Gasteiger charge is -2.06. The summed E-state index contributed by atoms with van der Waals surface area (Å²) in [6, 6.07) is -0.316. The van der Waals surface area contributed by atoms with Gasteiger partial charge in [0.05, 0.1) is 0 Å². The maximum atomic E-state index is 11.6. The zero-order chi connectivity index (χ0) is 13.9. The number of amides is 3. The van der Waals surface area contributed by atoms with E-state index in [1.807, 2.05) is 0 Å². The van der Waals surface area contributed by atoms with E-state index in [2.05, 4.69) is 26.1 Å². The van der Waals surface area contributed by atoms with Gasteiger partial charge in [0.2, 0.25) is 11.0 Å². The molecule has 8 heteroatoms. The molecule has 0 saturated heterocycles. The first-order chi connectivity index (χ1) is 9.72. The predicted octanol–water partition coefficient (Wildman–Crippen LogP) is 1.06.